The van der Waals surface area contributed by atoms with E-state index in [1.54, 1.807) is 0 Å². The lowest BCUT2D eigenvalue weighted by Crippen LogP contribution is -2.08. The third-order valence-electron chi connectivity index (χ3n) is 2.29. The fraction of sp³-hybridized carbons (Fsp3) is 0.273. The maximum Gasteiger partial charge on any atom is 0.312 e. The molecule has 72 valence electrons. The first-order valence-electron chi connectivity index (χ1n) is 4.54. The molecule has 0 N–H and O–H groups in total. The molecule has 2 rings (SSSR count). The minimum atomic E-state index is -0.198. The Labute approximate surface area is 87.9 Å². The van der Waals surface area contributed by atoms with Crippen molar-refractivity contribution < 1.29 is 9.53 Å². The molecule has 0 aromatic heterocycles. The van der Waals surface area contributed by atoms with E-state index in [9.17, 15) is 4.79 Å². The molecular weight excluding hydrogens is 196 g/mol. The number of benzene rings is 1. The summed E-state index contributed by atoms with van der Waals surface area (Å²) < 4.78 is 4.84. The fourth-order valence-electron chi connectivity index (χ4n) is 1.58. The summed E-state index contributed by atoms with van der Waals surface area (Å²) in [7, 11) is 0. The lowest BCUT2D eigenvalue weighted by Gasteiger charge is -2.05. The molecule has 1 aromatic rings. The van der Waals surface area contributed by atoms with E-state index in [1.807, 2.05) is 30.3 Å². The van der Waals surface area contributed by atoms with Gasteiger partial charge in [0.1, 0.15) is 0 Å². The summed E-state index contributed by atoms with van der Waals surface area (Å²) in [5.41, 5.74) is 1.19. The molecule has 1 saturated heterocycles. The fourth-order valence-corrected chi connectivity index (χ4v) is 1.84. The molecule has 0 bridgehead atoms. The summed E-state index contributed by atoms with van der Waals surface area (Å²) in [5.74, 6) is -0.115. The monoisotopic (exact) mass is 206 g/mol. The highest BCUT2D eigenvalue weighted by molar-refractivity contribution is 7.80. The van der Waals surface area contributed by atoms with Crippen LogP contribution in [0.4, 0.5) is 0 Å². The summed E-state index contributed by atoms with van der Waals surface area (Å²) in [6.45, 7) is 0. The zero-order chi connectivity index (χ0) is 9.97. The van der Waals surface area contributed by atoms with Crippen molar-refractivity contribution in [1.82, 2.24) is 0 Å². The van der Waals surface area contributed by atoms with E-state index in [0.29, 0.717) is 11.5 Å². The van der Waals surface area contributed by atoms with E-state index in [0.717, 1.165) is 6.42 Å². The van der Waals surface area contributed by atoms with Crippen LogP contribution in [0, 0.1) is 5.92 Å². The van der Waals surface area contributed by atoms with Gasteiger partial charge < -0.3 is 4.74 Å². The number of thiocarbonyl (C=S) groups is 1. The van der Waals surface area contributed by atoms with Gasteiger partial charge in [-0.3, -0.25) is 4.79 Å². The summed E-state index contributed by atoms with van der Waals surface area (Å²) >= 11 is 4.97. The van der Waals surface area contributed by atoms with Gasteiger partial charge in [0.25, 0.3) is 0 Å². The van der Waals surface area contributed by atoms with Gasteiger partial charge in [0.2, 0.25) is 0 Å². The maximum absolute atomic E-state index is 10.9. The van der Waals surface area contributed by atoms with Crippen LogP contribution in [0.1, 0.15) is 12.0 Å². The van der Waals surface area contributed by atoms with Crippen LogP contribution >= 0.6 is 12.2 Å². The van der Waals surface area contributed by atoms with Crippen molar-refractivity contribution in [3.8, 4) is 0 Å². The zero-order valence-corrected chi connectivity index (χ0v) is 8.42. The second-order valence-corrected chi connectivity index (χ2v) is 3.79. The van der Waals surface area contributed by atoms with Crippen molar-refractivity contribution in [1.29, 1.82) is 0 Å². The number of esters is 1. The Hall–Kier alpha value is -1.22. The summed E-state index contributed by atoms with van der Waals surface area (Å²) in [5, 5.41) is 0.443. The highest BCUT2D eigenvalue weighted by atomic mass is 32.1. The standard InChI is InChI=1S/C11H10O2S/c12-10-7-9(11(14)13-10)6-8-4-2-1-3-5-8/h1-5,9H,6-7H2. The van der Waals surface area contributed by atoms with Crippen LogP contribution in [0.3, 0.4) is 0 Å². The number of carbonyl (C=O) groups is 1. The van der Waals surface area contributed by atoms with Gasteiger partial charge in [0, 0.05) is 5.92 Å². The molecule has 0 aliphatic carbocycles. The Bertz CT molecular complexity index is 359. The van der Waals surface area contributed by atoms with Crippen molar-refractivity contribution in [2.24, 2.45) is 5.92 Å². The van der Waals surface area contributed by atoms with E-state index in [4.69, 9.17) is 17.0 Å². The molecule has 0 saturated carbocycles. The van der Waals surface area contributed by atoms with Crippen LogP contribution in [0.25, 0.3) is 0 Å². The molecule has 3 heteroatoms. The van der Waals surface area contributed by atoms with Crippen LogP contribution in [0.15, 0.2) is 30.3 Å². The molecule has 14 heavy (non-hydrogen) atoms. The molecular formula is C11H10O2S. The third-order valence-corrected chi connectivity index (χ3v) is 2.70. The smallest absolute Gasteiger partial charge is 0.312 e. The molecule has 0 spiro atoms. The molecule has 1 atom stereocenters. The number of carbonyl (C=O) groups excluding carboxylic acids is 1. The third kappa shape index (κ3) is 1.99. The topological polar surface area (TPSA) is 26.3 Å². The van der Waals surface area contributed by atoms with Gasteiger partial charge in [-0.05, 0) is 24.2 Å². The molecule has 0 amide bonds. The molecule has 1 unspecified atom stereocenters. The Balaban J connectivity index is 2.05. The summed E-state index contributed by atoms with van der Waals surface area (Å²) in [4.78, 5) is 10.9. The van der Waals surface area contributed by atoms with E-state index in [2.05, 4.69) is 0 Å². The van der Waals surface area contributed by atoms with Crippen molar-refractivity contribution in [3.63, 3.8) is 0 Å². The number of cyclic esters (lactones) is 1. The van der Waals surface area contributed by atoms with Gasteiger partial charge in [-0.2, -0.15) is 0 Å². The summed E-state index contributed by atoms with van der Waals surface area (Å²) in [6.07, 6.45) is 1.22. The lowest BCUT2D eigenvalue weighted by atomic mass is 9.99. The van der Waals surface area contributed by atoms with E-state index < -0.39 is 0 Å². The average molecular weight is 206 g/mol. The predicted molar refractivity (Wildman–Crippen MR) is 56.9 cm³/mol. The van der Waals surface area contributed by atoms with Gasteiger partial charge in [-0.25, -0.2) is 0 Å². The van der Waals surface area contributed by atoms with Gasteiger partial charge in [0.05, 0.1) is 6.42 Å². The van der Waals surface area contributed by atoms with Crippen molar-refractivity contribution in [2.45, 2.75) is 12.8 Å². The second-order valence-electron chi connectivity index (χ2n) is 3.38. The van der Waals surface area contributed by atoms with Crippen molar-refractivity contribution >= 4 is 23.2 Å². The van der Waals surface area contributed by atoms with Gasteiger partial charge in [-0.1, -0.05) is 30.3 Å². The van der Waals surface area contributed by atoms with E-state index >= 15 is 0 Å². The first-order chi connectivity index (χ1) is 6.75. The number of ether oxygens (including phenoxy) is 1. The van der Waals surface area contributed by atoms with Crippen molar-refractivity contribution in [3.05, 3.63) is 35.9 Å². The maximum atomic E-state index is 10.9. The first-order valence-corrected chi connectivity index (χ1v) is 4.95. The van der Waals surface area contributed by atoms with Crippen LogP contribution in [-0.2, 0) is 16.0 Å². The predicted octanol–water partition coefficient (Wildman–Crippen LogP) is 2.12. The number of hydrogen-bond donors (Lipinski definition) is 0. The first kappa shape index (κ1) is 9.34. The van der Waals surface area contributed by atoms with Crippen LogP contribution in [-0.4, -0.2) is 11.0 Å². The molecule has 1 aliphatic heterocycles. The highest BCUT2D eigenvalue weighted by Gasteiger charge is 2.29. The Morgan fingerprint density at radius 1 is 1.36 bits per heavy atom. The second kappa shape index (κ2) is 3.88. The minimum absolute atomic E-state index is 0.0832. The normalized spacial score (nSPS) is 21.0. The molecule has 1 aromatic carbocycles. The SMILES string of the molecule is O=C1CC(Cc2ccccc2)C(=S)O1. The van der Waals surface area contributed by atoms with Crippen LogP contribution in [0.2, 0.25) is 0 Å². The zero-order valence-electron chi connectivity index (χ0n) is 7.60. The van der Waals surface area contributed by atoms with Crippen LogP contribution in [0.5, 0.6) is 0 Å². The lowest BCUT2D eigenvalue weighted by molar-refractivity contribution is -0.133. The summed E-state index contributed by atoms with van der Waals surface area (Å²) in [6, 6.07) is 10.0. The minimum Gasteiger partial charge on any atom is -0.419 e. The highest BCUT2D eigenvalue weighted by Crippen LogP contribution is 2.21. The van der Waals surface area contributed by atoms with Gasteiger partial charge >= 0.3 is 5.97 Å². The Morgan fingerprint density at radius 3 is 2.64 bits per heavy atom. The molecule has 0 radical (unpaired) electrons. The van der Waals surface area contributed by atoms with E-state index in [1.165, 1.54) is 5.56 Å². The molecule has 1 heterocycles. The van der Waals surface area contributed by atoms with Gasteiger partial charge in [0.15, 0.2) is 5.05 Å². The number of rotatable bonds is 2. The van der Waals surface area contributed by atoms with Crippen molar-refractivity contribution in [2.75, 3.05) is 0 Å². The van der Waals surface area contributed by atoms with E-state index in [-0.39, 0.29) is 11.9 Å². The molecule has 1 fully saturated rings. The quantitative estimate of drug-likeness (QED) is 0.547. The van der Waals surface area contributed by atoms with Crippen LogP contribution < -0.4 is 0 Å². The number of hydrogen-bond acceptors (Lipinski definition) is 3. The largest absolute Gasteiger partial charge is 0.419 e. The Morgan fingerprint density at radius 2 is 2.07 bits per heavy atom. The Kier molecular flexibility index (Phi) is 2.59. The molecule has 1 aliphatic rings. The molecule has 2 nitrogen and oxygen atoms in total. The van der Waals surface area contributed by atoms with Gasteiger partial charge in [-0.15, -0.1) is 0 Å². The average Bonchev–Trinajstić information content (AvgIpc) is 2.47.